The van der Waals surface area contributed by atoms with Crippen LogP contribution in [0.25, 0.3) is 0 Å². The fourth-order valence-corrected chi connectivity index (χ4v) is 2.94. The third-order valence-electron chi connectivity index (χ3n) is 4.78. The Kier molecular flexibility index (Phi) is 17.8. The van der Waals surface area contributed by atoms with Gasteiger partial charge < -0.3 is 5.32 Å². The quantitative estimate of drug-likeness (QED) is 0.240. The van der Waals surface area contributed by atoms with Crippen molar-refractivity contribution in [2.24, 2.45) is 0 Å². The van der Waals surface area contributed by atoms with Crippen molar-refractivity contribution in [1.82, 2.24) is 5.32 Å². The normalized spacial score (nSPS) is 12.5. The second kappa shape index (κ2) is 20.9. The Hall–Kier alpha value is -2.94. The first-order valence-corrected chi connectivity index (χ1v) is 12.1. The number of hydrogen-bond acceptors (Lipinski definition) is 1. The Labute approximate surface area is 200 Å². The van der Waals surface area contributed by atoms with Gasteiger partial charge in [-0.3, -0.25) is 4.79 Å². The van der Waals surface area contributed by atoms with E-state index in [-0.39, 0.29) is 11.7 Å². The number of benzene rings is 1. The van der Waals surface area contributed by atoms with Crippen molar-refractivity contribution >= 4 is 5.91 Å². The summed E-state index contributed by atoms with van der Waals surface area (Å²) in [4.78, 5) is 11.8. The van der Waals surface area contributed by atoms with Gasteiger partial charge in [-0.1, -0.05) is 92.0 Å². The number of rotatable bonds is 17. The summed E-state index contributed by atoms with van der Waals surface area (Å²) in [7, 11) is 0. The maximum atomic E-state index is 12.9. The molecule has 1 aromatic rings. The molecule has 0 aliphatic carbocycles. The molecule has 0 bridgehead atoms. The number of amides is 1. The summed E-state index contributed by atoms with van der Waals surface area (Å²) in [5, 5.41) is 2.91. The van der Waals surface area contributed by atoms with Gasteiger partial charge in [-0.2, -0.15) is 0 Å². The number of hydrogen-bond donors (Lipinski definition) is 1. The average molecular weight is 450 g/mol. The molecule has 178 valence electrons. The van der Waals surface area contributed by atoms with Crippen LogP contribution in [0, 0.1) is 5.82 Å². The van der Waals surface area contributed by atoms with Gasteiger partial charge in [-0.15, -0.1) is 0 Å². The van der Waals surface area contributed by atoms with Crippen LogP contribution in [-0.2, 0) is 11.2 Å². The minimum atomic E-state index is -0.237. The van der Waals surface area contributed by atoms with Gasteiger partial charge in [0, 0.05) is 13.0 Å². The lowest BCUT2D eigenvalue weighted by molar-refractivity contribution is -0.120. The number of allylic oxidation sites excluding steroid dienone is 12. The molecule has 1 N–H and O–H groups in total. The van der Waals surface area contributed by atoms with Crippen LogP contribution < -0.4 is 5.32 Å². The summed E-state index contributed by atoms with van der Waals surface area (Å²) >= 11 is 0. The first-order chi connectivity index (χ1) is 16.2. The highest BCUT2D eigenvalue weighted by Gasteiger charge is 1.99. The lowest BCUT2D eigenvalue weighted by atomic mass is 10.1. The van der Waals surface area contributed by atoms with E-state index in [0.717, 1.165) is 50.5 Å². The Morgan fingerprint density at radius 2 is 1.18 bits per heavy atom. The van der Waals surface area contributed by atoms with Crippen LogP contribution in [0.2, 0.25) is 0 Å². The third kappa shape index (κ3) is 18.3. The Morgan fingerprint density at radius 1 is 0.727 bits per heavy atom. The molecule has 0 heterocycles. The second-order valence-corrected chi connectivity index (χ2v) is 7.68. The van der Waals surface area contributed by atoms with Crippen LogP contribution in [0.5, 0.6) is 0 Å². The summed E-state index contributed by atoms with van der Waals surface area (Å²) in [6, 6.07) is 6.38. The standard InChI is InChI=1S/C30H40FNO/c1-2-3-4-5-6-7-8-9-10-11-12-13-14-15-16-17-18-19-20-21-30(33)32-27-26-28-22-24-29(31)25-23-28/h3-4,6-7,9-10,12-13,15-16,18-19,22-25H,2,5,8,11,14,17,20-21,26-27H2,1H3,(H,32,33). The van der Waals surface area contributed by atoms with Gasteiger partial charge in [0.2, 0.25) is 5.91 Å². The van der Waals surface area contributed by atoms with Gasteiger partial charge in [0.25, 0.3) is 0 Å². The van der Waals surface area contributed by atoms with E-state index in [1.807, 2.05) is 0 Å². The molecule has 0 atom stereocenters. The van der Waals surface area contributed by atoms with Gasteiger partial charge >= 0.3 is 0 Å². The zero-order chi connectivity index (χ0) is 23.8. The summed E-state index contributed by atoms with van der Waals surface area (Å²) in [6.07, 6.45) is 34.0. The number of halogens is 1. The summed E-state index contributed by atoms with van der Waals surface area (Å²) in [6.45, 7) is 2.73. The van der Waals surface area contributed by atoms with E-state index in [2.05, 4.69) is 85.2 Å². The molecule has 33 heavy (non-hydrogen) atoms. The zero-order valence-corrected chi connectivity index (χ0v) is 20.1. The summed E-state index contributed by atoms with van der Waals surface area (Å²) in [5.74, 6) is -0.184. The van der Waals surface area contributed by atoms with Crippen molar-refractivity contribution in [2.45, 2.75) is 64.7 Å². The van der Waals surface area contributed by atoms with Gasteiger partial charge in [-0.05, 0) is 69.1 Å². The minimum absolute atomic E-state index is 0.0524. The first kappa shape index (κ1) is 28.1. The lowest BCUT2D eigenvalue weighted by Crippen LogP contribution is -2.25. The Morgan fingerprint density at radius 3 is 1.67 bits per heavy atom. The third-order valence-corrected chi connectivity index (χ3v) is 4.78. The molecule has 3 heteroatoms. The second-order valence-electron chi connectivity index (χ2n) is 7.68. The fourth-order valence-electron chi connectivity index (χ4n) is 2.94. The fraction of sp³-hybridized carbons (Fsp3) is 0.367. The molecule has 0 radical (unpaired) electrons. The van der Waals surface area contributed by atoms with Gasteiger partial charge in [0.15, 0.2) is 0 Å². The summed E-state index contributed by atoms with van der Waals surface area (Å²) < 4.78 is 12.9. The molecule has 1 aromatic carbocycles. The molecule has 0 saturated carbocycles. The topological polar surface area (TPSA) is 29.1 Å². The smallest absolute Gasteiger partial charge is 0.220 e. The van der Waals surface area contributed by atoms with Crippen LogP contribution in [0.4, 0.5) is 4.39 Å². The van der Waals surface area contributed by atoms with Crippen molar-refractivity contribution in [3.05, 3.63) is 109 Å². The molecule has 1 amide bonds. The van der Waals surface area contributed by atoms with Gasteiger partial charge in [0.05, 0.1) is 0 Å². The Balaban J connectivity index is 1.97. The van der Waals surface area contributed by atoms with Gasteiger partial charge in [0.1, 0.15) is 5.82 Å². The molecular formula is C30H40FNO. The van der Waals surface area contributed by atoms with Crippen LogP contribution in [0.15, 0.2) is 97.2 Å². The molecule has 0 saturated heterocycles. The lowest BCUT2D eigenvalue weighted by Gasteiger charge is -2.04. The van der Waals surface area contributed by atoms with Crippen molar-refractivity contribution < 1.29 is 9.18 Å². The molecule has 1 rings (SSSR count). The Bertz CT molecular complexity index is 797. The van der Waals surface area contributed by atoms with Gasteiger partial charge in [-0.25, -0.2) is 4.39 Å². The predicted octanol–water partition coefficient (Wildman–Crippen LogP) is 7.96. The summed E-state index contributed by atoms with van der Waals surface area (Å²) in [5.41, 5.74) is 1.02. The van der Waals surface area contributed by atoms with E-state index in [9.17, 15) is 9.18 Å². The van der Waals surface area contributed by atoms with Crippen LogP contribution in [0.3, 0.4) is 0 Å². The largest absolute Gasteiger partial charge is 0.356 e. The molecule has 0 fully saturated rings. The zero-order valence-electron chi connectivity index (χ0n) is 20.1. The van der Waals surface area contributed by atoms with E-state index in [1.165, 1.54) is 12.1 Å². The average Bonchev–Trinajstić information content (AvgIpc) is 2.82. The van der Waals surface area contributed by atoms with Crippen LogP contribution in [-0.4, -0.2) is 12.5 Å². The highest BCUT2D eigenvalue weighted by molar-refractivity contribution is 5.75. The minimum Gasteiger partial charge on any atom is -0.356 e. The van der Waals surface area contributed by atoms with Crippen molar-refractivity contribution in [1.29, 1.82) is 0 Å². The maximum absolute atomic E-state index is 12.9. The number of carbonyl (C=O) groups excluding carboxylic acids is 1. The van der Waals surface area contributed by atoms with E-state index in [4.69, 9.17) is 0 Å². The number of nitrogens with one attached hydrogen (secondary N) is 1. The first-order valence-electron chi connectivity index (χ1n) is 12.1. The van der Waals surface area contributed by atoms with Crippen molar-refractivity contribution in [2.75, 3.05) is 6.54 Å². The number of carbonyl (C=O) groups is 1. The van der Waals surface area contributed by atoms with E-state index in [0.29, 0.717) is 19.4 Å². The molecule has 0 unspecified atom stereocenters. The molecule has 2 nitrogen and oxygen atoms in total. The molecule has 0 spiro atoms. The van der Waals surface area contributed by atoms with Crippen LogP contribution >= 0.6 is 0 Å². The molecule has 0 aliphatic heterocycles. The molecule has 0 aromatic heterocycles. The highest BCUT2D eigenvalue weighted by atomic mass is 19.1. The van der Waals surface area contributed by atoms with Crippen LogP contribution in [0.1, 0.15) is 63.9 Å². The SMILES string of the molecule is CCC=CCC=CCC=CCC=CCC=CCC=CCCC(=O)NCCc1ccc(F)cc1. The van der Waals surface area contributed by atoms with E-state index >= 15 is 0 Å². The van der Waals surface area contributed by atoms with E-state index in [1.54, 1.807) is 12.1 Å². The maximum Gasteiger partial charge on any atom is 0.220 e. The van der Waals surface area contributed by atoms with Crippen molar-refractivity contribution in [3.8, 4) is 0 Å². The molecule has 0 aliphatic rings. The molecular weight excluding hydrogens is 409 g/mol. The highest BCUT2D eigenvalue weighted by Crippen LogP contribution is 2.03. The van der Waals surface area contributed by atoms with Crippen molar-refractivity contribution in [3.63, 3.8) is 0 Å². The predicted molar refractivity (Wildman–Crippen MR) is 141 cm³/mol. The van der Waals surface area contributed by atoms with E-state index < -0.39 is 0 Å². The monoisotopic (exact) mass is 449 g/mol.